The van der Waals surface area contributed by atoms with Crippen molar-refractivity contribution >= 4 is 21.7 Å². The number of aliphatic hydroxyl groups excluding tert-OH is 1. The number of benzene rings is 3. The Labute approximate surface area is 265 Å². The summed E-state index contributed by atoms with van der Waals surface area (Å²) in [6, 6.07) is 27.1. The Morgan fingerprint density at radius 3 is 2.07 bits per heavy atom. The van der Waals surface area contributed by atoms with Gasteiger partial charge in [0, 0.05) is 31.3 Å². The van der Waals surface area contributed by atoms with Crippen LogP contribution in [-0.2, 0) is 39.4 Å². The van der Waals surface area contributed by atoms with Crippen molar-refractivity contribution in [2.75, 3.05) is 4.72 Å². The number of carbonyl (C=O) groups excluding carboxylic acids is 1. The zero-order valence-electron chi connectivity index (χ0n) is 26.2. The number of ether oxygens (including phenoxy) is 1. The molecule has 0 aliphatic carbocycles. The highest BCUT2D eigenvalue weighted by Gasteiger charge is 2.46. The van der Waals surface area contributed by atoms with Gasteiger partial charge in [-0.1, -0.05) is 93.6 Å². The van der Waals surface area contributed by atoms with E-state index >= 15 is 0 Å². The predicted octanol–water partition coefficient (Wildman–Crippen LogP) is 7.11. The number of rotatable bonds is 11. The first-order valence-corrected chi connectivity index (χ1v) is 16.7. The summed E-state index contributed by atoms with van der Waals surface area (Å²) < 4.78 is 36.5. The predicted molar refractivity (Wildman–Crippen MR) is 175 cm³/mol. The highest BCUT2D eigenvalue weighted by atomic mass is 32.2. The maximum absolute atomic E-state index is 14.0. The fourth-order valence-corrected chi connectivity index (χ4v) is 7.18. The van der Waals surface area contributed by atoms with E-state index in [1.54, 1.807) is 29.8 Å². The molecule has 236 valence electrons. The van der Waals surface area contributed by atoms with E-state index in [1.165, 1.54) is 12.5 Å². The molecular formula is C36H41N3O5S. The number of cyclic esters (lactones) is 1. The second-order valence-electron chi connectivity index (χ2n) is 13.0. The Morgan fingerprint density at radius 1 is 0.956 bits per heavy atom. The molecule has 0 saturated carbocycles. The number of aliphatic hydroxyl groups is 1. The fourth-order valence-electron chi connectivity index (χ4n) is 6.14. The molecular weight excluding hydrogens is 586 g/mol. The van der Waals surface area contributed by atoms with Gasteiger partial charge in [-0.3, -0.25) is 4.72 Å². The highest BCUT2D eigenvalue weighted by molar-refractivity contribution is 7.92. The second kappa shape index (κ2) is 12.9. The van der Waals surface area contributed by atoms with Gasteiger partial charge in [-0.2, -0.15) is 8.42 Å². The van der Waals surface area contributed by atoms with Crippen molar-refractivity contribution < 1.29 is 23.1 Å². The van der Waals surface area contributed by atoms with E-state index in [1.807, 2.05) is 63.2 Å². The third-order valence-electron chi connectivity index (χ3n) is 8.34. The van der Waals surface area contributed by atoms with E-state index in [0.717, 1.165) is 11.1 Å². The Balaban J connectivity index is 1.47. The summed E-state index contributed by atoms with van der Waals surface area (Å²) >= 11 is 0. The summed E-state index contributed by atoms with van der Waals surface area (Å²) in [7, 11) is -2.23. The zero-order valence-corrected chi connectivity index (χ0v) is 27.0. The van der Waals surface area contributed by atoms with Crippen LogP contribution in [0.4, 0.5) is 5.69 Å². The molecule has 2 N–H and O–H groups in total. The molecule has 5 rings (SSSR count). The van der Waals surface area contributed by atoms with Gasteiger partial charge in [-0.25, -0.2) is 9.78 Å². The van der Waals surface area contributed by atoms with Crippen LogP contribution in [0, 0.1) is 5.41 Å². The number of hydrogen-bond acceptors (Lipinski definition) is 6. The number of carbonyl (C=O) groups is 1. The first kappa shape index (κ1) is 32.0. The monoisotopic (exact) mass is 627 g/mol. The number of hydrogen-bond donors (Lipinski definition) is 2. The zero-order chi connectivity index (χ0) is 32.2. The molecule has 1 aliphatic heterocycles. The SMILES string of the molecule is Cn1cnc(S(=O)(=O)Nc2cccc([C@H](C3=C(O)CC(CCc4ccccc4)(CCc4ccccc4)OC3=O)C(C)(C)C)c2)c1. The third kappa shape index (κ3) is 7.65. The van der Waals surface area contributed by atoms with Crippen molar-refractivity contribution in [1.82, 2.24) is 9.55 Å². The van der Waals surface area contributed by atoms with E-state index in [-0.39, 0.29) is 22.8 Å². The number of aryl methyl sites for hydroxylation is 3. The third-order valence-corrected chi connectivity index (χ3v) is 9.60. The van der Waals surface area contributed by atoms with E-state index < -0.39 is 32.9 Å². The van der Waals surface area contributed by atoms with Crippen LogP contribution in [0.15, 0.2) is 114 Å². The van der Waals surface area contributed by atoms with E-state index in [2.05, 4.69) is 34.0 Å². The van der Waals surface area contributed by atoms with Crippen LogP contribution >= 0.6 is 0 Å². The average Bonchev–Trinajstić information content (AvgIpc) is 3.45. The number of imidazole rings is 1. The van der Waals surface area contributed by atoms with Gasteiger partial charge in [0.05, 0.1) is 11.9 Å². The first-order valence-electron chi connectivity index (χ1n) is 15.2. The van der Waals surface area contributed by atoms with Crippen LogP contribution in [0.5, 0.6) is 0 Å². The minimum absolute atomic E-state index is 0.0202. The van der Waals surface area contributed by atoms with E-state index in [4.69, 9.17) is 4.74 Å². The quantitative estimate of drug-likeness (QED) is 0.172. The van der Waals surface area contributed by atoms with Crippen LogP contribution in [0.2, 0.25) is 0 Å². The van der Waals surface area contributed by atoms with Crippen molar-refractivity contribution in [2.24, 2.45) is 12.5 Å². The van der Waals surface area contributed by atoms with Gasteiger partial charge in [0.1, 0.15) is 11.4 Å². The molecule has 1 aromatic heterocycles. The van der Waals surface area contributed by atoms with Crippen molar-refractivity contribution in [3.8, 4) is 0 Å². The summed E-state index contributed by atoms with van der Waals surface area (Å²) in [5, 5.41) is 11.6. The summed E-state index contributed by atoms with van der Waals surface area (Å²) in [6.07, 6.45) is 5.58. The van der Waals surface area contributed by atoms with Gasteiger partial charge in [-0.05, 0) is 59.9 Å². The van der Waals surface area contributed by atoms with E-state index in [0.29, 0.717) is 36.9 Å². The molecule has 1 atom stereocenters. The molecule has 9 heteroatoms. The molecule has 0 bridgehead atoms. The molecule has 0 radical (unpaired) electrons. The van der Waals surface area contributed by atoms with Gasteiger partial charge in [0.2, 0.25) is 0 Å². The van der Waals surface area contributed by atoms with Crippen LogP contribution in [0.1, 0.15) is 62.6 Å². The minimum atomic E-state index is -3.93. The summed E-state index contributed by atoms with van der Waals surface area (Å²) in [5.41, 5.74) is 2.11. The molecule has 1 aliphatic rings. The van der Waals surface area contributed by atoms with Gasteiger partial charge in [0.25, 0.3) is 10.0 Å². The van der Waals surface area contributed by atoms with Crippen molar-refractivity contribution in [3.63, 3.8) is 0 Å². The van der Waals surface area contributed by atoms with Crippen molar-refractivity contribution in [3.05, 3.63) is 125 Å². The van der Waals surface area contributed by atoms with Crippen LogP contribution in [0.3, 0.4) is 0 Å². The molecule has 2 heterocycles. The topological polar surface area (TPSA) is 111 Å². The van der Waals surface area contributed by atoms with Gasteiger partial charge in [0.15, 0.2) is 5.03 Å². The molecule has 45 heavy (non-hydrogen) atoms. The molecule has 0 unspecified atom stereocenters. The van der Waals surface area contributed by atoms with Crippen molar-refractivity contribution in [1.29, 1.82) is 0 Å². The number of nitrogens with one attached hydrogen (secondary N) is 1. The molecule has 3 aromatic carbocycles. The lowest BCUT2D eigenvalue weighted by molar-refractivity contribution is -0.161. The lowest BCUT2D eigenvalue weighted by atomic mass is 9.70. The molecule has 4 aromatic rings. The average molecular weight is 628 g/mol. The first-order chi connectivity index (χ1) is 21.4. The lowest BCUT2D eigenvalue weighted by Gasteiger charge is -2.41. The largest absolute Gasteiger partial charge is 0.512 e. The Kier molecular flexibility index (Phi) is 9.20. The summed E-state index contributed by atoms with van der Waals surface area (Å²) in [5.74, 6) is -1.09. The van der Waals surface area contributed by atoms with Gasteiger partial charge >= 0.3 is 5.97 Å². The number of esters is 1. The molecule has 0 fully saturated rings. The van der Waals surface area contributed by atoms with E-state index in [9.17, 15) is 18.3 Å². The molecule has 0 spiro atoms. The lowest BCUT2D eigenvalue weighted by Crippen LogP contribution is -2.43. The number of nitrogens with zero attached hydrogens (tertiary/aromatic N) is 2. The number of anilines is 1. The smallest absolute Gasteiger partial charge is 0.338 e. The van der Waals surface area contributed by atoms with Crippen LogP contribution in [-0.4, -0.2) is 34.6 Å². The summed E-state index contributed by atoms with van der Waals surface area (Å²) in [6.45, 7) is 5.97. The maximum atomic E-state index is 14.0. The summed E-state index contributed by atoms with van der Waals surface area (Å²) in [4.78, 5) is 18.0. The fraction of sp³-hybridized carbons (Fsp3) is 0.333. The maximum Gasteiger partial charge on any atom is 0.338 e. The Bertz CT molecular complexity index is 1730. The Morgan fingerprint density at radius 2 is 1.56 bits per heavy atom. The second-order valence-corrected chi connectivity index (χ2v) is 14.6. The van der Waals surface area contributed by atoms with Crippen LogP contribution in [0.25, 0.3) is 0 Å². The van der Waals surface area contributed by atoms with Gasteiger partial charge in [-0.15, -0.1) is 0 Å². The van der Waals surface area contributed by atoms with Gasteiger partial charge < -0.3 is 14.4 Å². The normalized spacial score (nSPS) is 15.9. The standard InChI is InChI=1S/C36H41N3O5S/c1-35(2,3)33(28-16-11-17-29(22-28)38-45(42,43)31-24-39(4)25-37-31)32-30(40)23-36(44-34(32)41,20-18-26-12-7-5-8-13-26)21-19-27-14-9-6-10-15-27/h5-17,22,24-25,33,38,40H,18-21,23H2,1-4H3/t33-/m1/s1. The number of aromatic nitrogens is 2. The van der Waals surface area contributed by atoms with Crippen LogP contribution < -0.4 is 4.72 Å². The highest BCUT2D eigenvalue weighted by Crippen LogP contribution is 2.47. The number of sulfonamides is 1. The molecule has 8 nitrogen and oxygen atoms in total. The minimum Gasteiger partial charge on any atom is -0.512 e. The molecule has 0 saturated heterocycles. The van der Waals surface area contributed by atoms with Crippen molar-refractivity contribution in [2.45, 2.75) is 69.4 Å². The molecule has 0 amide bonds. The Hall–Kier alpha value is -4.37.